The molecule has 0 aromatic heterocycles. The Bertz CT molecular complexity index is 2420. The third-order valence-electron chi connectivity index (χ3n) is 15.7. The summed E-state index contributed by atoms with van der Waals surface area (Å²) in [6.07, 6.45) is 19.1. The zero-order valence-electron chi connectivity index (χ0n) is 34.3. The fourth-order valence-electron chi connectivity index (χ4n) is 12.6. The summed E-state index contributed by atoms with van der Waals surface area (Å²) in [6, 6.07) is 48.3. The van der Waals surface area contributed by atoms with E-state index in [9.17, 15) is 0 Å². The maximum absolute atomic E-state index is 2.64. The van der Waals surface area contributed by atoms with Crippen LogP contribution in [-0.4, -0.2) is 0 Å². The van der Waals surface area contributed by atoms with Gasteiger partial charge >= 0.3 is 0 Å². The molecule has 11 rings (SSSR count). The Labute approximate surface area is 341 Å². The summed E-state index contributed by atoms with van der Waals surface area (Å²) in [6.45, 7) is 4.88. The van der Waals surface area contributed by atoms with E-state index in [0.29, 0.717) is 5.92 Å². The fourth-order valence-corrected chi connectivity index (χ4v) is 12.6. The largest absolute Gasteiger partial charge is 0.310 e. The van der Waals surface area contributed by atoms with Crippen LogP contribution in [0.4, 0.5) is 17.1 Å². The zero-order valence-corrected chi connectivity index (χ0v) is 34.3. The molecule has 0 saturated heterocycles. The van der Waals surface area contributed by atoms with Crippen molar-refractivity contribution in [1.29, 1.82) is 0 Å². The number of nitrogens with zero attached hydrogens (tertiary/aromatic N) is 1. The molecule has 2 bridgehead atoms. The summed E-state index contributed by atoms with van der Waals surface area (Å²) in [7, 11) is 0. The number of benzene rings is 6. The van der Waals surface area contributed by atoms with E-state index in [4.69, 9.17) is 0 Å². The summed E-state index contributed by atoms with van der Waals surface area (Å²) >= 11 is 0. The van der Waals surface area contributed by atoms with Gasteiger partial charge in [-0.15, -0.1) is 0 Å². The van der Waals surface area contributed by atoms with Gasteiger partial charge in [-0.05, 0) is 178 Å². The molecule has 0 spiro atoms. The summed E-state index contributed by atoms with van der Waals surface area (Å²) in [4.78, 5) is 2.64. The van der Waals surface area contributed by atoms with Crippen LogP contribution in [0.3, 0.4) is 0 Å². The van der Waals surface area contributed by atoms with Crippen LogP contribution in [-0.2, 0) is 5.41 Å². The van der Waals surface area contributed by atoms with Crippen molar-refractivity contribution in [2.75, 3.05) is 4.90 Å². The molecule has 0 N–H and O–H groups in total. The maximum atomic E-state index is 2.64. The van der Waals surface area contributed by atoms with Gasteiger partial charge in [0.15, 0.2) is 0 Å². The van der Waals surface area contributed by atoms with E-state index in [1.807, 2.05) is 0 Å². The fraction of sp³-hybridized carbons (Fsp3) is 0.393. The first kappa shape index (κ1) is 35.5. The number of hydrogen-bond donors (Lipinski definition) is 0. The molecule has 4 saturated carbocycles. The highest BCUT2D eigenvalue weighted by Crippen LogP contribution is 2.55. The topological polar surface area (TPSA) is 3.24 Å². The predicted molar refractivity (Wildman–Crippen MR) is 241 cm³/mol. The lowest BCUT2D eigenvalue weighted by Gasteiger charge is -2.33. The molecule has 4 fully saturated rings. The number of rotatable bonds is 7. The molecule has 0 aliphatic heterocycles. The average molecular weight is 746 g/mol. The van der Waals surface area contributed by atoms with Crippen molar-refractivity contribution in [2.45, 2.75) is 127 Å². The van der Waals surface area contributed by atoms with Gasteiger partial charge in [-0.3, -0.25) is 0 Å². The van der Waals surface area contributed by atoms with E-state index in [1.54, 1.807) is 5.56 Å². The lowest BCUT2D eigenvalue weighted by atomic mass is 9.81. The Morgan fingerprint density at radius 2 is 1.16 bits per heavy atom. The minimum Gasteiger partial charge on any atom is -0.310 e. The molecule has 6 aromatic rings. The summed E-state index contributed by atoms with van der Waals surface area (Å²) in [5, 5.41) is 2.68. The number of hydrogen-bond acceptors (Lipinski definition) is 1. The summed E-state index contributed by atoms with van der Waals surface area (Å²) in [5.41, 5.74) is 16.7. The van der Waals surface area contributed by atoms with Crippen LogP contribution in [0.5, 0.6) is 0 Å². The second kappa shape index (κ2) is 14.3. The Morgan fingerprint density at radius 1 is 0.491 bits per heavy atom. The first-order chi connectivity index (χ1) is 28.0. The highest BCUT2D eigenvalue weighted by molar-refractivity contribution is 5.93. The second-order valence-corrected chi connectivity index (χ2v) is 19.4. The van der Waals surface area contributed by atoms with E-state index in [1.165, 1.54) is 162 Å². The molecule has 57 heavy (non-hydrogen) atoms. The van der Waals surface area contributed by atoms with Gasteiger partial charge in [0.2, 0.25) is 0 Å². The van der Waals surface area contributed by atoms with Crippen LogP contribution in [0.2, 0.25) is 0 Å². The molecule has 0 heterocycles. The molecular weight excluding hydrogens is 687 g/mol. The lowest BCUT2D eigenvalue weighted by Crippen LogP contribution is -2.18. The monoisotopic (exact) mass is 745 g/mol. The van der Waals surface area contributed by atoms with Crippen LogP contribution in [0.15, 0.2) is 121 Å². The normalized spacial score (nSPS) is 22.8. The molecule has 1 heteroatoms. The van der Waals surface area contributed by atoms with Crippen molar-refractivity contribution >= 4 is 27.8 Å². The van der Waals surface area contributed by atoms with E-state index in [2.05, 4.69) is 140 Å². The van der Waals surface area contributed by atoms with Crippen LogP contribution < -0.4 is 4.90 Å². The average Bonchev–Trinajstić information content (AvgIpc) is 3.97. The molecular formula is C56H59N. The van der Waals surface area contributed by atoms with Crippen LogP contribution in [0, 0.1) is 11.8 Å². The molecule has 0 amide bonds. The zero-order chi connectivity index (χ0) is 38.1. The van der Waals surface area contributed by atoms with Gasteiger partial charge < -0.3 is 4.90 Å². The van der Waals surface area contributed by atoms with Crippen molar-refractivity contribution < 1.29 is 0 Å². The highest BCUT2D eigenvalue weighted by Gasteiger charge is 2.40. The van der Waals surface area contributed by atoms with Gasteiger partial charge in [-0.1, -0.05) is 138 Å². The number of anilines is 3. The quantitative estimate of drug-likeness (QED) is 0.157. The van der Waals surface area contributed by atoms with Gasteiger partial charge in [-0.2, -0.15) is 0 Å². The Morgan fingerprint density at radius 3 is 1.86 bits per heavy atom. The van der Waals surface area contributed by atoms with Crippen LogP contribution in [0.25, 0.3) is 33.0 Å². The van der Waals surface area contributed by atoms with Crippen molar-refractivity contribution in [3.05, 3.63) is 149 Å². The first-order valence-corrected chi connectivity index (χ1v) is 22.8. The lowest BCUT2D eigenvalue weighted by molar-refractivity contribution is 0.420. The van der Waals surface area contributed by atoms with E-state index < -0.39 is 0 Å². The Hall–Kier alpha value is -4.62. The molecule has 6 aromatic carbocycles. The van der Waals surface area contributed by atoms with Crippen molar-refractivity contribution in [3.8, 4) is 22.3 Å². The van der Waals surface area contributed by atoms with Gasteiger partial charge in [0.25, 0.3) is 0 Å². The summed E-state index contributed by atoms with van der Waals surface area (Å²) in [5.74, 6) is 3.90. The third-order valence-corrected chi connectivity index (χ3v) is 15.7. The van der Waals surface area contributed by atoms with Gasteiger partial charge in [0.05, 0.1) is 5.69 Å². The molecule has 5 aliphatic rings. The molecule has 1 nitrogen and oxygen atoms in total. The first-order valence-electron chi connectivity index (χ1n) is 22.8. The standard InChI is InChI=1S/C56H59N/c1-56(2)53-30-25-45(40-21-19-39(20-22-40)38-11-5-3-6-12-38)34-52(53)49-29-28-48(36-54(49)56)57(47-26-23-42(24-27-47)50-32-37-17-18-46(50)31-37)55-35-44-16-10-9-15-43(44)33-51(55)41-13-7-4-8-14-41/h9-10,15-16,19-30,33-38,41,46,50H,3-8,11-14,17-18,31-32H2,1-2H3. The molecule has 5 aliphatic carbocycles. The second-order valence-electron chi connectivity index (χ2n) is 19.4. The van der Waals surface area contributed by atoms with Crippen LogP contribution in [0.1, 0.15) is 149 Å². The Balaban J connectivity index is 1.01. The smallest absolute Gasteiger partial charge is 0.0502 e. The van der Waals surface area contributed by atoms with E-state index >= 15 is 0 Å². The minimum atomic E-state index is -0.100. The van der Waals surface area contributed by atoms with Crippen molar-refractivity contribution in [2.24, 2.45) is 11.8 Å². The Kier molecular flexibility index (Phi) is 8.94. The predicted octanol–water partition coefficient (Wildman–Crippen LogP) is 16.3. The molecule has 288 valence electrons. The van der Waals surface area contributed by atoms with E-state index in [-0.39, 0.29) is 5.41 Å². The van der Waals surface area contributed by atoms with E-state index in [0.717, 1.165) is 23.7 Å². The van der Waals surface area contributed by atoms with Gasteiger partial charge in [-0.25, -0.2) is 0 Å². The van der Waals surface area contributed by atoms with Crippen molar-refractivity contribution in [3.63, 3.8) is 0 Å². The molecule has 3 unspecified atom stereocenters. The summed E-state index contributed by atoms with van der Waals surface area (Å²) < 4.78 is 0. The van der Waals surface area contributed by atoms with Gasteiger partial charge in [0.1, 0.15) is 0 Å². The van der Waals surface area contributed by atoms with Crippen molar-refractivity contribution in [1.82, 2.24) is 0 Å². The molecule has 3 atom stereocenters. The third kappa shape index (κ3) is 6.27. The van der Waals surface area contributed by atoms with Crippen LogP contribution >= 0.6 is 0 Å². The minimum absolute atomic E-state index is 0.100. The van der Waals surface area contributed by atoms with Gasteiger partial charge in [0, 0.05) is 16.8 Å². The SMILES string of the molecule is CC1(C)c2ccc(-c3ccc(C4CCCCC4)cc3)cc2-c2ccc(N(c3ccc(C4CC5CCC4C5)cc3)c3cc4ccccc4cc3C3CCCCC3)cc21. The highest BCUT2D eigenvalue weighted by atomic mass is 15.1. The maximum Gasteiger partial charge on any atom is 0.0502 e. The molecule has 0 radical (unpaired) electrons. The number of fused-ring (bicyclic) bond motifs is 6.